The standard InChI is InChI=1S/C18H14ClF2N3OS/c1-9-4-3-5-14(21)15(9)24-17(25)16-10(2)22-18(26-16)23-11-6-7-13(20)12(19)8-11/h3-8H,1-2H3,(H,22,23)(H,24,25). The fourth-order valence-corrected chi connectivity index (χ4v) is 3.38. The molecule has 26 heavy (non-hydrogen) atoms. The summed E-state index contributed by atoms with van der Waals surface area (Å²) < 4.78 is 27.1. The van der Waals surface area contributed by atoms with Crippen LogP contribution < -0.4 is 10.6 Å². The molecule has 2 N–H and O–H groups in total. The van der Waals surface area contributed by atoms with Crippen molar-refractivity contribution in [3.63, 3.8) is 0 Å². The van der Waals surface area contributed by atoms with E-state index in [0.29, 0.717) is 27.0 Å². The number of aryl methyl sites for hydroxylation is 2. The lowest BCUT2D eigenvalue weighted by molar-refractivity contribution is 0.102. The summed E-state index contributed by atoms with van der Waals surface area (Å²) in [5.74, 6) is -1.47. The number of carbonyl (C=O) groups is 1. The number of benzene rings is 2. The Labute approximate surface area is 157 Å². The first-order valence-corrected chi connectivity index (χ1v) is 8.80. The van der Waals surface area contributed by atoms with Crippen molar-refractivity contribution in [1.29, 1.82) is 0 Å². The molecule has 2 aromatic carbocycles. The second kappa shape index (κ2) is 7.39. The highest BCUT2D eigenvalue weighted by Crippen LogP contribution is 2.29. The molecule has 1 amide bonds. The molecule has 0 spiro atoms. The number of rotatable bonds is 4. The van der Waals surface area contributed by atoms with E-state index in [9.17, 15) is 13.6 Å². The molecule has 1 aromatic heterocycles. The Bertz CT molecular complexity index is 970. The Morgan fingerprint density at radius 1 is 1.15 bits per heavy atom. The van der Waals surface area contributed by atoms with Crippen LogP contribution in [0.25, 0.3) is 0 Å². The minimum Gasteiger partial charge on any atom is -0.331 e. The third kappa shape index (κ3) is 3.84. The number of thiazole rings is 1. The molecule has 0 saturated heterocycles. The van der Waals surface area contributed by atoms with Crippen molar-refractivity contribution in [3.8, 4) is 0 Å². The highest BCUT2D eigenvalue weighted by molar-refractivity contribution is 7.17. The number of nitrogens with zero attached hydrogens (tertiary/aromatic N) is 1. The summed E-state index contributed by atoms with van der Waals surface area (Å²) >= 11 is 6.87. The van der Waals surface area contributed by atoms with Crippen molar-refractivity contribution in [1.82, 2.24) is 4.98 Å². The number of halogens is 3. The van der Waals surface area contributed by atoms with Gasteiger partial charge in [-0.1, -0.05) is 35.1 Å². The maximum absolute atomic E-state index is 13.9. The molecule has 0 unspecified atom stereocenters. The van der Waals surface area contributed by atoms with E-state index in [0.717, 1.165) is 11.3 Å². The van der Waals surface area contributed by atoms with Gasteiger partial charge in [-0.15, -0.1) is 0 Å². The van der Waals surface area contributed by atoms with Crippen LogP contribution >= 0.6 is 22.9 Å². The second-order valence-corrected chi connectivity index (χ2v) is 6.98. The molecule has 134 valence electrons. The van der Waals surface area contributed by atoms with Gasteiger partial charge in [-0.05, 0) is 43.7 Å². The Balaban J connectivity index is 1.81. The van der Waals surface area contributed by atoms with Crippen LogP contribution in [-0.2, 0) is 0 Å². The Hall–Kier alpha value is -2.51. The normalized spacial score (nSPS) is 10.7. The van der Waals surface area contributed by atoms with Gasteiger partial charge in [0, 0.05) is 5.69 Å². The van der Waals surface area contributed by atoms with E-state index in [1.165, 1.54) is 24.3 Å². The van der Waals surface area contributed by atoms with Gasteiger partial charge in [-0.25, -0.2) is 13.8 Å². The molecule has 1 heterocycles. The highest BCUT2D eigenvalue weighted by Gasteiger charge is 2.18. The van der Waals surface area contributed by atoms with Crippen LogP contribution in [0.2, 0.25) is 5.02 Å². The van der Waals surface area contributed by atoms with E-state index in [-0.39, 0.29) is 10.7 Å². The monoisotopic (exact) mass is 393 g/mol. The topological polar surface area (TPSA) is 54.0 Å². The van der Waals surface area contributed by atoms with Crippen LogP contribution in [0.1, 0.15) is 20.9 Å². The van der Waals surface area contributed by atoms with Crippen molar-refractivity contribution in [2.24, 2.45) is 0 Å². The van der Waals surface area contributed by atoms with Gasteiger partial charge in [0.1, 0.15) is 16.5 Å². The maximum atomic E-state index is 13.9. The van der Waals surface area contributed by atoms with Crippen LogP contribution in [0.3, 0.4) is 0 Å². The molecule has 8 heteroatoms. The molecule has 0 atom stereocenters. The van der Waals surface area contributed by atoms with E-state index < -0.39 is 17.5 Å². The lowest BCUT2D eigenvalue weighted by atomic mass is 10.2. The summed E-state index contributed by atoms with van der Waals surface area (Å²) in [5.41, 5.74) is 1.81. The average Bonchev–Trinajstić information content (AvgIpc) is 2.95. The summed E-state index contributed by atoms with van der Waals surface area (Å²) in [6.45, 7) is 3.39. The Morgan fingerprint density at radius 2 is 1.92 bits per heavy atom. The van der Waals surface area contributed by atoms with E-state index >= 15 is 0 Å². The fourth-order valence-electron chi connectivity index (χ4n) is 2.32. The van der Waals surface area contributed by atoms with Gasteiger partial charge in [0.2, 0.25) is 0 Å². The number of para-hydroxylation sites is 1. The summed E-state index contributed by atoms with van der Waals surface area (Å²) in [6.07, 6.45) is 0. The van der Waals surface area contributed by atoms with Gasteiger partial charge < -0.3 is 10.6 Å². The minimum absolute atomic E-state index is 0.0173. The quantitative estimate of drug-likeness (QED) is 0.598. The third-order valence-corrected chi connectivity index (χ3v) is 5.00. The van der Waals surface area contributed by atoms with E-state index in [1.54, 1.807) is 26.0 Å². The molecule has 0 saturated carbocycles. The van der Waals surface area contributed by atoms with Crippen LogP contribution in [0, 0.1) is 25.5 Å². The minimum atomic E-state index is -0.520. The van der Waals surface area contributed by atoms with Gasteiger partial charge in [0.25, 0.3) is 5.91 Å². The number of nitrogens with one attached hydrogen (secondary N) is 2. The summed E-state index contributed by atoms with van der Waals surface area (Å²) in [7, 11) is 0. The molecule has 0 fully saturated rings. The van der Waals surface area contributed by atoms with Crippen LogP contribution in [0.15, 0.2) is 36.4 Å². The van der Waals surface area contributed by atoms with Crippen molar-refractivity contribution in [3.05, 3.63) is 69.2 Å². The highest BCUT2D eigenvalue weighted by atomic mass is 35.5. The molecule has 3 aromatic rings. The molecule has 3 rings (SSSR count). The third-order valence-electron chi connectivity index (χ3n) is 3.63. The van der Waals surface area contributed by atoms with E-state index in [2.05, 4.69) is 15.6 Å². The zero-order valence-corrected chi connectivity index (χ0v) is 15.4. The Morgan fingerprint density at radius 3 is 2.62 bits per heavy atom. The van der Waals surface area contributed by atoms with Gasteiger partial charge in [-0.3, -0.25) is 4.79 Å². The molecular formula is C18H14ClF2N3OS. The molecule has 0 radical (unpaired) electrons. The first-order valence-electron chi connectivity index (χ1n) is 7.61. The largest absolute Gasteiger partial charge is 0.331 e. The first kappa shape index (κ1) is 18.3. The molecule has 0 aliphatic rings. The molecule has 0 aliphatic carbocycles. The van der Waals surface area contributed by atoms with Gasteiger partial charge in [0.05, 0.1) is 16.4 Å². The van der Waals surface area contributed by atoms with Crippen LogP contribution in [0.5, 0.6) is 0 Å². The van der Waals surface area contributed by atoms with Crippen molar-refractivity contribution in [2.75, 3.05) is 10.6 Å². The summed E-state index contributed by atoms with van der Waals surface area (Å²) in [5, 5.41) is 5.99. The fraction of sp³-hybridized carbons (Fsp3) is 0.111. The second-order valence-electron chi connectivity index (χ2n) is 5.57. The van der Waals surface area contributed by atoms with E-state index in [4.69, 9.17) is 11.6 Å². The van der Waals surface area contributed by atoms with Gasteiger partial charge in [0.15, 0.2) is 5.13 Å². The number of amides is 1. The smallest absolute Gasteiger partial charge is 0.267 e. The van der Waals surface area contributed by atoms with Crippen LogP contribution in [-0.4, -0.2) is 10.9 Å². The SMILES string of the molecule is Cc1cccc(F)c1NC(=O)c1sc(Nc2ccc(F)c(Cl)c2)nc1C. The average molecular weight is 394 g/mol. The number of hydrogen-bond acceptors (Lipinski definition) is 4. The number of hydrogen-bond donors (Lipinski definition) is 2. The zero-order chi connectivity index (χ0) is 18.8. The summed E-state index contributed by atoms with van der Waals surface area (Å²) in [6, 6.07) is 8.75. The first-order chi connectivity index (χ1) is 12.3. The lowest BCUT2D eigenvalue weighted by Gasteiger charge is -2.08. The van der Waals surface area contributed by atoms with Crippen LogP contribution in [0.4, 0.5) is 25.3 Å². The van der Waals surface area contributed by atoms with Crippen molar-refractivity contribution >= 4 is 45.4 Å². The van der Waals surface area contributed by atoms with E-state index in [1.807, 2.05) is 0 Å². The number of anilines is 3. The number of aromatic nitrogens is 1. The predicted molar refractivity (Wildman–Crippen MR) is 101 cm³/mol. The van der Waals surface area contributed by atoms with Crippen molar-refractivity contribution < 1.29 is 13.6 Å². The summed E-state index contributed by atoms with van der Waals surface area (Å²) in [4.78, 5) is 17.1. The molecule has 0 bridgehead atoms. The molecule has 4 nitrogen and oxygen atoms in total. The lowest BCUT2D eigenvalue weighted by Crippen LogP contribution is -2.13. The van der Waals surface area contributed by atoms with Crippen molar-refractivity contribution in [2.45, 2.75) is 13.8 Å². The predicted octanol–water partition coefficient (Wildman–Crippen LogP) is 5.69. The van der Waals surface area contributed by atoms with Gasteiger partial charge in [-0.2, -0.15) is 0 Å². The van der Waals surface area contributed by atoms with Gasteiger partial charge >= 0.3 is 0 Å². The molecular weight excluding hydrogens is 380 g/mol. The zero-order valence-electron chi connectivity index (χ0n) is 13.9. The maximum Gasteiger partial charge on any atom is 0.267 e. The number of carbonyl (C=O) groups excluding carboxylic acids is 1. The Kier molecular flexibility index (Phi) is 5.20. The molecule has 0 aliphatic heterocycles.